The van der Waals surface area contributed by atoms with Gasteiger partial charge in [0.1, 0.15) is 5.75 Å². The van der Waals surface area contributed by atoms with Crippen molar-refractivity contribution < 1.29 is 17.9 Å². The van der Waals surface area contributed by atoms with E-state index in [9.17, 15) is 13.2 Å². The Kier molecular flexibility index (Phi) is 7.73. The van der Waals surface area contributed by atoms with Crippen LogP contribution in [0.2, 0.25) is 0 Å². The van der Waals surface area contributed by atoms with Gasteiger partial charge >= 0.3 is 0 Å². The number of nitrogens with zero attached hydrogens (tertiary/aromatic N) is 1. The van der Waals surface area contributed by atoms with Crippen molar-refractivity contribution in [3.63, 3.8) is 0 Å². The van der Waals surface area contributed by atoms with Crippen molar-refractivity contribution >= 4 is 21.6 Å². The summed E-state index contributed by atoms with van der Waals surface area (Å²) in [6, 6.07) is 12.5. The van der Waals surface area contributed by atoms with Gasteiger partial charge in [-0.05, 0) is 68.0 Å². The molecule has 0 aliphatic carbocycles. The third-order valence-electron chi connectivity index (χ3n) is 5.77. The molecule has 1 fully saturated rings. The maximum atomic E-state index is 13.1. The Morgan fingerprint density at radius 3 is 2.29 bits per heavy atom. The normalized spacial score (nSPS) is 17.3. The number of anilines is 1. The third-order valence-corrected chi connectivity index (χ3v) is 7.65. The summed E-state index contributed by atoms with van der Waals surface area (Å²) in [5.74, 6) is 0.154. The molecule has 1 amide bonds. The number of hydrogen-bond donors (Lipinski definition) is 1. The second-order valence-corrected chi connectivity index (χ2v) is 9.69. The van der Waals surface area contributed by atoms with Crippen molar-refractivity contribution in [1.82, 2.24) is 4.31 Å². The van der Waals surface area contributed by atoms with Crippen molar-refractivity contribution in [2.75, 3.05) is 25.0 Å². The lowest BCUT2D eigenvalue weighted by Crippen LogP contribution is -2.43. The minimum Gasteiger partial charge on any atom is -0.494 e. The molecule has 0 bridgehead atoms. The van der Waals surface area contributed by atoms with Crippen LogP contribution in [0.5, 0.6) is 5.75 Å². The Hall–Kier alpha value is -2.38. The number of nitrogens with one attached hydrogen (secondary N) is 1. The summed E-state index contributed by atoms with van der Waals surface area (Å²) in [5.41, 5.74) is 3.08. The highest BCUT2D eigenvalue weighted by atomic mass is 32.2. The first kappa shape index (κ1) is 23.3. The molecule has 1 atom stereocenters. The van der Waals surface area contributed by atoms with Gasteiger partial charge in [0, 0.05) is 18.8 Å². The van der Waals surface area contributed by atoms with E-state index in [4.69, 9.17) is 4.74 Å². The Bertz CT molecular complexity index is 980. The highest BCUT2D eigenvalue weighted by Crippen LogP contribution is 2.28. The van der Waals surface area contributed by atoms with E-state index >= 15 is 0 Å². The van der Waals surface area contributed by atoms with E-state index < -0.39 is 10.0 Å². The number of piperidine rings is 1. The van der Waals surface area contributed by atoms with Gasteiger partial charge in [-0.1, -0.05) is 32.0 Å². The first-order chi connectivity index (χ1) is 14.9. The quantitative estimate of drug-likeness (QED) is 0.660. The third kappa shape index (κ3) is 5.28. The highest BCUT2D eigenvalue weighted by Gasteiger charge is 2.33. The van der Waals surface area contributed by atoms with E-state index in [0.717, 1.165) is 29.7 Å². The van der Waals surface area contributed by atoms with Crippen LogP contribution in [0.3, 0.4) is 0 Å². The smallest absolute Gasteiger partial charge is 0.243 e. The van der Waals surface area contributed by atoms with Gasteiger partial charge < -0.3 is 10.1 Å². The van der Waals surface area contributed by atoms with E-state index in [1.165, 1.54) is 4.31 Å². The van der Waals surface area contributed by atoms with Crippen LogP contribution in [0.25, 0.3) is 0 Å². The largest absolute Gasteiger partial charge is 0.494 e. The van der Waals surface area contributed by atoms with E-state index in [0.29, 0.717) is 31.7 Å². The monoisotopic (exact) mass is 444 g/mol. The van der Waals surface area contributed by atoms with Crippen LogP contribution in [0.15, 0.2) is 47.4 Å². The number of carbonyl (C=O) groups excluding carboxylic acids is 1. The first-order valence-electron chi connectivity index (χ1n) is 11.0. The fourth-order valence-corrected chi connectivity index (χ4v) is 5.55. The standard InChI is InChI=1S/C24H32N2O4S/c1-4-18-9-7-10-19(5-2)23(18)25-24(27)20-11-8-16-26(17-20)31(28,29)22-14-12-21(13-15-22)30-6-3/h7,9-10,12-15,20H,4-6,8,11,16-17H2,1-3H3,(H,25,27)/t20-/m1/s1. The van der Waals surface area contributed by atoms with Crippen LogP contribution in [0.1, 0.15) is 44.7 Å². The topological polar surface area (TPSA) is 75.7 Å². The van der Waals surface area contributed by atoms with Crippen molar-refractivity contribution in [3.05, 3.63) is 53.6 Å². The van der Waals surface area contributed by atoms with Gasteiger partial charge in [-0.15, -0.1) is 0 Å². The molecule has 1 aliphatic rings. The van der Waals surface area contributed by atoms with Gasteiger partial charge in [0.2, 0.25) is 15.9 Å². The van der Waals surface area contributed by atoms with Gasteiger partial charge in [-0.3, -0.25) is 4.79 Å². The molecule has 0 radical (unpaired) electrons. The molecule has 1 saturated heterocycles. The average molecular weight is 445 g/mol. The molecular formula is C24H32N2O4S. The molecule has 168 valence electrons. The van der Waals surface area contributed by atoms with Gasteiger partial charge in [0.05, 0.1) is 17.4 Å². The molecule has 31 heavy (non-hydrogen) atoms. The number of rotatable bonds is 8. The molecule has 0 spiro atoms. The maximum Gasteiger partial charge on any atom is 0.243 e. The lowest BCUT2D eigenvalue weighted by atomic mass is 9.97. The lowest BCUT2D eigenvalue weighted by Gasteiger charge is -2.31. The summed E-state index contributed by atoms with van der Waals surface area (Å²) in [6.07, 6.45) is 2.99. The molecule has 1 N–H and O–H groups in total. The summed E-state index contributed by atoms with van der Waals surface area (Å²) in [7, 11) is -3.66. The van der Waals surface area contributed by atoms with Crippen molar-refractivity contribution in [2.45, 2.75) is 51.3 Å². The van der Waals surface area contributed by atoms with Gasteiger partial charge in [-0.2, -0.15) is 4.31 Å². The zero-order valence-electron chi connectivity index (χ0n) is 18.6. The number of amides is 1. The zero-order chi connectivity index (χ0) is 22.4. The van der Waals surface area contributed by atoms with E-state index in [-0.39, 0.29) is 23.3 Å². The van der Waals surface area contributed by atoms with Gasteiger partial charge in [0.15, 0.2) is 0 Å². The second-order valence-electron chi connectivity index (χ2n) is 7.75. The molecule has 3 rings (SSSR count). The second kappa shape index (κ2) is 10.3. The van der Waals surface area contributed by atoms with Gasteiger partial charge in [-0.25, -0.2) is 8.42 Å². The molecule has 6 nitrogen and oxygen atoms in total. The Balaban J connectivity index is 1.75. The summed E-state index contributed by atoms with van der Waals surface area (Å²) in [5, 5.41) is 3.11. The van der Waals surface area contributed by atoms with E-state index in [1.807, 2.05) is 25.1 Å². The number of ether oxygens (including phenoxy) is 1. The molecule has 0 saturated carbocycles. The Morgan fingerprint density at radius 2 is 1.71 bits per heavy atom. The molecule has 1 heterocycles. The van der Waals surface area contributed by atoms with Gasteiger partial charge in [0.25, 0.3) is 0 Å². The predicted octanol–water partition coefficient (Wildman–Crippen LogP) is 4.25. The summed E-state index contributed by atoms with van der Waals surface area (Å²) >= 11 is 0. The first-order valence-corrected chi connectivity index (χ1v) is 12.5. The minimum absolute atomic E-state index is 0.109. The number of carbonyl (C=O) groups is 1. The maximum absolute atomic E-state index is 13.1. The molecular weight excluding hydrogens is 412 g/mol. The fraction of sp³-hybridized carbons (Fsp3) is 0.458. The van der Waals surface area contributed by atoms with Crippen LogP contribution in [0.4, 0.5) is 5.69 Å². The van der Waals surface area contributed by atoms with Crippen LogP contribution in [0, 0.1) is 5.92 Å². The summed E-state index contributed by atoms with van der Waals surface area (Å²) in [4.78, 5) is 13.3. The zero-order valence-corrected chi connectivity index (χ0v) is 19.4. The molecule has 0 unspecified atom stereocenters. The average Bonchev–Trinajstić information content (AvgIpc) is 2.79. The minimum atomic E-state index is -3.66. The van der Waals surface area contributed by atoms with Crippen LogP contribution in [-0.4, -0.2) is 38.3 Å². The Morgan fingerprint density at radius 1 is 1.06 bits per heavy atom. The predicted molar refractivity (Wildman–Crippen MR) is 123 cm³/mol. The summed E-state index contributed by atoms with van der Waals surface area (Å²) < 4.78 is 33.1. The highest BCUT2D eigenvalue weighted by molar-refractivity contribution is 7.89. The Labute approximate surface area is 185 Å². The SMILES string of the molecule is CCOc1ccc(S(=O)(=O)N2CCC[C@@H](C(=O)Nc3c(CC)cccc3CC)C2)cc1. The van der Waals surface area contributed by atoms with E-state index in [1.54, 1.807) is 24.3 Å². The molecule has 1 aliphatic heterocycles. The number of sulfonamides is 1. The lowest BCUT2D eigenvalue weighted by molar-refractivity contribution is -0.120. The van der Waals surface area contributed by atoms with Crippen molar-refractivity contribution in [1.29, 1.82) is 0 Å². The van der Waals surface area contributed by atoms with Crippen molar-refractivity contribution in [2.24, 2.45) is 5.92 Å². The molecule has 0 aromatic heterocycles. The fourth-order valence-electron chi connectivity index (χ4n) is 4.03. The van der Waals surface area contributed by atoms with Crippen LogP contribution < -0.4 is 10.1 Å². The number of para-hydroxylation sites is 1. The van der Waals surface area contributed by atoms with Crippen molar-refractivity contribution in [3.8, 4) is 5.75 Å². The van der Waals surface area contributed by atoms with Crippen LogP contribution in [-0.2, 0) is 27.7 Å². The number of aryl methyl sites for hydroxylation is 2. The number of hydrogen-bond acceptors (Lipinski definition) is 4. The molecule has 7 heteroatoms. The molecule has 2 aromatic rings. The van der Waals surface area contributed by atoms with Crippen LogP contribution >= 0.6 is 0 Å². The number of benzene rings is 2. The summed E-state index contributed by atoms with van der Waals surface area (Å²) in [6.45, 7) is 7.15. The molecule has 2 aromatic carbocycles. The van der Waals surface area contributed by atoms with E-state index in [2.05, 4.69) is 19.2 Å².